The molecule has 1 aromatic carbocycles. The van der Waals surface area contributed by atoms with Gasteiger partial charge in [-0.2, -0.15) is 0 Å². The first-order valence-electron chi connectivity index (χ1n) is 10.6. The van der Waals surface area contributed by atoms with Crippen molar-refractivity contribution in [3.8, 4) is 11.3 Å². The number of hydrogen-bond acceptors (Lipinski definition) is 6. The zero-order chi connectivity index (χ0) is 21.0. The molecule has 0 spiro atoms. The quantitative estimate of drug-likeness (QED) is 0.485. The van der Waals surface area contributed by atoms with Gasteiger partial charge in [-0.25, -0.2) is 4.98 Å². The Balaban J connectivity index is 1.33. The van der Waals surface area contributed by atoms with E-state index >= 15 is 0 Å². The molecule has 0 saturated carbocycles. The van der Waals surface area contributed by atoms with E-state index in [1.165, 1.54) is 0 Å². The predicted octanol–water partition coefficient (Wildman–Crippen LogP) is 3.50. The number of ether oxygens (including phenoxy) is 1. The molecule has 1 saturated heterocycles. The number of carbonyl (C=O) groups excluding carboxylic acids is 1. The number of morpholine rings is 1. The topological polar surface area (TPSA) is 80.5 Å². The minimum atomic E-state index is -0.170. The van der Waals surface area contributed by atoms with Crippen molar-refractivity contribution in [2.75, 3.05) is 39.4 Å². The Morgan fingerprint density at radius 2 is 1.94 bits per heavy atom. The maximum atomic E-state index is 12.7. The van der Waals surface area contributed by atoms with Crippen LogP contribution in [0.4, 0.5) is 0 Å². The highest BCUT2D eigenvalue weighted by Crippen LogP contribution is 2.31. The van der Waals surface area contributed by atoms with Crippen LogP contribution in [0.2, 0.25) is 0 Å². The summed E-state index contributed by atoms with van der Waals surface area (Å²) in [5.74, 6) is 0.520. The smallest absolute Gasteiger partial charge is 0.269 e. The van der Waals surface area contributed by atoms with E-state index in [2.05, 4.69) is 20.2 Å². The van der Waals surface area contributed by atoms with E-state index < -0.39 is 0 Å². The summed E-state index contributed by atoms with van der Waals surface area (Å²) in [6, 6.07) is 13.4. The summed E-state index contributed by atoms with van der Waals surface area (Å²) in [7, 11) is 0. The average Bonchev–Trinajstić information content (AvgIpc) is 3.26. The van der Waals surface area contributed by atoms with E-state index in [-0.39, 0.29) is 5.91 Å². The van der Waals surface area contributed by atoms with Crippen LogP contribution in [-0.4, -0.2) is 60.2 Å². The normalized spacial score (nSPS) is 14.8. The van der Waals surface area contributed by atoms with Crippen LogP contribution >= 0.6 is 0 Å². The minimum Gasteiger partial charge on any atom is -0.456 e. The van der Waals surface area contributed by atoms with Gasteiger partial charge in [0.25, 0.3) is 5.91 Å². The average molecular weight is 416 g/mol. The van der Waals surface area contributed by atoms with Gasteiger partial charge in [0, 0.05) is 42.8 Å². The van der Waals surface area contributed by atoms with Crippen LogP contribution in [0.3, 0.4) is 0 Å². The zero-order valence-electron chi connectivity index (χ0n) is 17.2. The fraction of sp³-hybridized carbons (Fsp3) is 0.292. The highest BCUT2D eigenvalue weighted by molar-refractivity contribution is 5.98. The lowest BCUT2D eigenvalue weighted by Gasteiger charge is -2.26. The predicted molar refractivity (Wildman–Crippen MR) is 119 cm³/mol. The van der Waals surface area contributed by atoms with Crippen LogP contribution in [-0.2, 0) is 4.74 Å². The minimum absolute atomic E-state index is 0.170. The molecular formula is C24H24N4O3. The second kappa shape index (κ2) is 8.83. The molecule has 158 valence electrons. The van der Waals surface area contributed by atoms with Gasteiger partial charge in [-0.1, -0.05) is 18.2 Å². The molecule has 0 bridgehead atoms. The summed E-state index contributed by atoms with van der Waals surface area (Å²) in [4.78, 5) is 24.0. The molecule has 3 aromatic heterocycles. The maximum absolute atomic E-state index is 12.7. The molecule has 4 aromatic rings. The molecule has 7 nitrogen and oxygen atoms in total. The van der Waals surface area contributed by atoms with Gasteiger partial charge >= 0.3 is 0 Å². The number of rotatable bonds is 6. The molecule has 0 aliphatic carbocycles. The number of fused-ring (bicyclic) bond motifs is 2. The number of aromatic nitrogens is 2. The summed E-state index contributed by atoms with van der Waals surface area (Å²) in [5, 5.41) is 4.87. The van der Waals surface area contributed by atoms with Crippen molar-refractivity contribution in [1.29, 1.82) is 0 Å². The number of amides is 1. The maximum Gasteiger partial charge on any atom is 0.269 e. The van der Waals surface area contributed by atoms with Gasteiger partial charge < -0.3 is 14.5 Å². The van der Waals surface area contributed by atoms with Gasteiger partial charge in [0.15, 0.2) is 0 Å². The summed E-state index contributed by atoms with van der Waals surface area (Å²) in [6.07, 6.45) is 4.38. The summed E-state index contributed by atoms with van der Waals surface area (Å²) in [6.45, 7) is 5.06. The van der Waals surface area contributed by atoms with E-state index in [9.17, 15) is 4.79 Å². The first-order chi connectivity index (χ1) is 15.3. The molecule has 1 aliphatic heterocycles. The molecule has 0 atom stereocenters. The third kappa shape index (κ3) is 4.28. The summed E-state index contributed by atoms with van der Waals surface area (Å²) in [5.41, 5.74) is 2.68. The molecule has 1 N–H and O–H groups in total. The van der Waals surface area contributed by atoms with E-state index in [0.717, 1.165) is 61.2 Å². The monoisotopic (exact) mass is 416 g/mol. The standard InChI is InChI=1S/C24H24N4O3/c29-24(26-8-3-9-28-10-12-30-13-11-28)20-7-6-18-15-25-16-19(23(18)27-20)22-14-17-4-1-2-5-21(17)31-22/h1-2,4-7,14-16H,3,8-13H2,(H,26,29). The van der Waals surface area contributed by atoms with E-state index in [0.29, 0.717) is 23.5 Å². The van der Waals surface area contributed by atoms with Crippen molar-refractivity contribution < 1.29 is 13.9 Å². The van der Waals surface area contributed by atoms with Crippen molar-refractivity contribution in [2.24, 2.45) is 0 Å². The molecule has 4 heterocycles. The van der Waals surface area contributed by atoms with Crippen molar-refractivity contribution in [3.63, 3.8) is 0 Å². The second-order valence-corrected chi connectivity index (χ2v) is 7.67. The fourth-order valence-electron chi connectivity index (χ4n) is 3.88. The molecule has 7 heteroatoms. The van der Waals surface area contributed by atoms with Crippen molar-refractivity contribution in [2.45, 2.75) is 6.42 Å². The molecule has 31 heavy (non-hydrogen) atoms. The number of nitrogens with zero attached hydrogens (tertiary/aromatic N) is 3. The van der Waals surface area contributed by atoms with Crippen LogP contribution in [0, 0.1) is 0 Å². The molecule has 0 unspecified atom stereocenters. The Kier molecular flexibility index (Phi) is 5.60. The number of benzene rings is 1. The number of nitrogens with one attached hydrogen (secondary N) is 1. The number of hydrogen-bond donors (Lipinski definition) is 1. The van der Waals surface area contributed by atoms with Gasteiger partial charge in [-0.3, -0.25) is 14.7 Å². The number of carbonyl (C=O) groups is 1. The lowest BCUT2D eigenvalue weighted by molar-refractivity contribution is 0.0374. The van der Waals surface area contributed by atoms with Crippen molar-refractivity contribution in [1.82, 2.24) is 20.2 Å². The van der Waals surface area contributed by atoms with Crippen molar-refractivity contribution >= 4 is 27.8 Å². The van der Waals surface area contributed by atoms with Gasteiger partial charge in [0.1, 0.15) is 17.0 Å². The van der Waals surface area contributed by atoms with Crippen LogP contribution in [0.25, 0.3) is 33.2 Å². The molecule has 1 aliphatic rings. The van der Waals surface area contributed by atoms with E-state index in [4.69, 9.17) is 9.15 Å². The largest absolute Gasteiger partial charge is 0.456 e. The van der Waals surface area contributed by atoms with Crippen LogP contribution < -0.4 is 5.32 Å². The number of pyridine rings is 2. The van der Waals surface area contributed by atoms with E-state index in [1.54, 1.807) is 18.5 Å². The first kappa shape index (κ1) is 19.7. The van der Waals surface area contributed by atoms with Crippen molar-refractivity contribution in [3.05, 3.63) is 60.6 Å². The molecule has 5 rings (SSSR count). The molecular weight excluding hydrogens is 392 g/mol. The highest BCUT2D eigenvalue weighted by Gasteiger charge is 2.15. The van der Waals surface area contributed by atoms with Gasteiger partial charge in [0.2, 0.25) is 0 Å². The number of furan rings is 1. The second-order valence-electron chi connectivity index (χ2n) is 7.67. The first-order valence-corrected chi connectivity index (χ1v) is 10.6. The van der Waals surface area contributed by atoms with Crippen LogP contribution in [0.1, 0.15) is 16.9 Å². The third-order valence-corrected chi connectivity index (χ3v) is 5.56. The Bertz CT molecular complexity index is 1180. The zero-order valence-corrected chi connectivity index (χ0v) is 17.2. The molecule has 0 radical (unpaired) electrons. The Morgan fingerprint density at radius 3 is 2.81 bits per heavy atom. The van der Waals surface area contributed by atoms with Crippen LogP contribution in [0.15, 0.2) is 59.3 Å². The Labute approximate surface area is 180 Å². The van der Waals surface area contributed by atoms with E-state index in [1.807, 2.05) is 36.4 Å². The van der Waals surface area contributed by atoms with Gasteiger partial charge in [0.05, 0.1) is 24.3 Å². The number of para-hydroxylation sites is 1. The van der Waals surface area contributed by atoms with Gasteiger partial charge in [-0.15, -0.1) is 0 Å². The summed E-state index contributed by atoms with van der Waals surface area (Å²) >= 11 is 0. The Hall–Kier alpha value is -3.29. The molecule has 1 amide bonds. The lowest BCUT2D eigenvalue weighted by Crippen LogP contribution is -2.38. The summed E-state index contributed by atoms with van der Waals surface area (Å²) < 4.78 is 11.4. The van der Waals surface area contributed by atoms with Crippen LogP contribution in [0.5, 0.6) is 0 Å². The highest BCUT2D eigenvalue weighted by atomic mass is 16.5. The lowest BCUT2D eigenvalue weighted by atomic mass is 10.1. The SMILES string of the molecule is O=C(NCCCN1CCOCC1)c1ccc2cncc(-c3cc4ccccc4o3)c2n1. The van der Waals surface area contributed by atoms with Gasteiger partial charge in [-0.05, 0) is 37.2 Å². The molecule has 1 fully saturated rings. The fourth-order valence-corrected chi connectivity index (χ4v) is 3.88. The Morgan fingerprint density at radius 1 is 1.06 bits per heavy atom. The third-order valence-electron chi connectivity index (χ3n) is 5.56.